The molecule has 23 heavy (non-hydrogen) atoms. The zero-order valence-electron chi connectivity index (χ0n) is 15.9. The normalized spacial score (nSPS) is 36.8. The molecule has 1 saturated carbocycles. The van der Waals surface area contributed by atoms with Crippen LogP contribution in [0, 0.1) is 17.8 Å². The Labute approximate surface area is 143 Å². The summed E-state index contributed by atoms with van der Waals surface area (Å²) in [4.78, 5) is 0. The number of hydrogen-bond acceptors (Lipinski definition) is 2. The molecule has 0 bridgehead atoms. The topological polar surface area (TPSA) is 18.5 Å². The first-order valence-electron chi connectivity index (χ1n) is 9.87. The van der Waals surface area contributed by atoms with E-state index in [1.54, 1.807) is 0 Å². The van der Waals surface area contributed by atoms with Gasteiger partial charge in [-0.15, -0.1) is 0 Å². The van der Waals surface area contributed by atoms with Crippen LogP contribution in [0.2, 0.25) is 0 Å². The molecule has 0 aromatic carbocycles. The van der Waals surface area contributed by atoms with Crippen molar-refractivity contribution in [2.75, 3.05) is 0 Å². The van der Waals surface area contributed by atoms with Gasteiger partial charge in [0.2, 0.25) is 0 Å². The molecule has 130 valence electrons. The van der Waals surface area contributed by atoms with Gasteiger partial charge in [0.25, 0.3) is 0 Å². The second kappa shape index (κ2) is 6.56. The van der Waals surface area contributed by atoms with Gasteiger partial charge in [-0.05, 0) is 83.0 Å². The molecule has 1 aliphatic heterocycles. The Bertz CT molecular complexity index is 431. The summed E-state index contributed by atoms with van der Waals surface area (Å²) in [6, 6.07) is 0. The molecule has 1 saturated heterocycles. The van der Waals surface area contributed by atoms with Crippen LogP contribution in [0.4, 0.5) is 0 Å². The highest BCUT2D eigenvalue weighted by Crippen LogP contribution is 2.43. The highest BCUT2D eigenvalue weighted by atomic mass is 16.7. The zero-order chi connectivity index (χ0) is 16.7. The Kier molecular flexibility index (Phi) is 5.00. The van der Waals surface area contributed by atoms with E-state index in [1.165, 1.54) is 50.4 Å². The van der Waals surface area contributed by atoms with Gasteiger partial charge in [-0.2, -0.15) is 0 Å². The predicted octanol–water partition coefficient (Wildman–Crippen LogP) is 5.56. The van der Waals surface area contributed by atoms with Crippen molar-refractivity contribution in [2.24, 2.45) is 17.8 Å². The monoisotopic (exact) mass is 318 g/mol. The molecule has 0 N–H and O–H groups in total. The Morgan fingerprint density at radius 3 is 2.04 bits per heavy atom. The molecule has 2 aliphatic carbocycles. The van der Waals surface area contributed by atoms with Gasteiger partial charge in [0.15, 0.2) is 0 Å². The molecule has 0 amide bonds. The molecule has 0 spiro atoms. The van der Waals surface area contributed by atoms with E-state index in [9.17, 15) is 0 Å². The van der Waals surface area contributed by atoms with Gasteiger partial charge in [-0.1, -0.05) is 32.3 Å². The van der Waals surface area contributed by atoms with E-state index < -0.39 is 0 Å². The molecule has 1 atom stereocenters. The Hall–Kier alpha value is -0.275. The Morgan fingerprint density at radius 2 is 1.57 bits per heavy atom. The lowest BCUT2D eigenvalue weighted by Gasteiger charge is -2.35. The van der Waals surface area contributed by atoms with E-state index in [-0.39, 0.29) is 18.3 Å². The number of rotatable bonds is 3. The minimum atomic E-state index is -0.214. The van der Waals surface area contributed by atoms with Crippen LogP contribution in [0.5, 0.6) is 0 Å². The first kappa shape index (κ1) is 17.5. The van der Waals surface area contributed by atoms with E-state index in [4.69, 9.17) is 9.31 Å². The molecule has 3 heteroatoms. The first-order chi connectivity index (χ1) is 10.8. The van der Waals surface area contributed by atoms with Crippen LogP contribution in [0.25, 0.3) is 0 Å². The summed E-state index contributed by atoms with van der Waals surface area (Å²) in [5, 5.41) is 0. The third-order valence-electron chi connectivity index (χ3n) is 7.18. The zero-order valence-corrected chi connectivity index (χ0v) is 15.9. The van der Waals surface area contributed by atoms with Crippen molar-refractivity contribution in [1.82, 2.24) is 0 Å². The second-order valence-electron chi connectivity index (χ2n) is 9.09. The van der Waals surface area contributed by atoms with Crippen LogP contribution < -0.4 is 0 Å². The average Bonchev–Trinajstić information content (AvgIpc) is 2.76. The number of allylic oxidation sites excluding steroid dienone is 2. The Morgan fingerprint density at radius 1 is 0.957 bits per heavy atom. The molecule has 2 nitrogen and oxygen atoms in total. The minimum Gasteiger partial charge on any atom is -0.400 e. The molecule has 3 rings (SSSR count). The Balaban J connectivity index is 1.55. The summed E-state index contributed by atoms with van der Waals surface area (Å²) in [5.74, 6) is 2.87. The van der Waals surface area contributed by atoms with Gasteiger partial charge in [0.05, 0.1) is 11.2 Å². The highest BCUT2D eigenvalue weighted by Gasteiger charge is 2.52. The number of hydrogen-bond donors (Lipinski definition) is 0. The summed E-state index contributed by atoms with van der Waals surface area (Å²) in [5.41, 5.74) is 0.962. The lowest BCUT2D eigenvalue weighted by Crippen LogP contribution is -2.41. The maximum Gasteiger partial charge on any atom is 0.490 e. The lowest BCUT2D eigenvalue weighted by atomic mass is 9.66. The van der Waals surface area contributed by atoms with Gasteiger partial charge >= 0.3 is 7.12 Å². The van der Waals surface area contributed by atoms with Gasteiger partial charge < -0.3 is 9.31 Å². The summed E-state index contributed by atoms with van der Waals surface area (Å²) in [6.45, 7) is 10.9. The van der Waals surface area contributed by atoms with Crippen LogP contribution in [0.3, 0.4) is 0 Å². The SMILES string of the molecule is CCC1CCC([C@@H]2CC=C(B3OC(C)(C)C(C)(C)O3)CC2)CC1. The van der Waals surface area contributed by atoms with Crippen molar-refractivity contribution in [3.63, 3.8) is 0 Å². The molecule has 1 heterocycles. The fraction of sp³-hybridized carbons (Fsp3) is 0.900. The summed E-state index contributed by atoms with van der Waals surface area (Å²) in [7, 11) is -0.114. The summed E-state index contributed by atoms with van der Waals surface area (Å²) >= 11 is 0. The van der Waals surface area contributed by atoms with Crippen LogP contribution >= 0.6 is 0 Å². The van der Waals surface area contributed by atoms with Gasteiger partial charge in [0, 0.05) is 0 Å². The highest BCUT2D eigenvalue weighted by molar-refractivity contribution is 6.54. The van der Waals surface area contributed by atoms with Crippen LogP contribution in [-0.2, 0) is 9.31 Å². The largest absolute Gasteiger partial charge is 0.490 e. The summed E-state index contributed by atoms with van der Waals surface area (Å²) in [6.07, 6.45) is 13.4. The summed E-state index contributed by atoms with van der Waals surface area (Å²) < 4.78 is 12.4. The maximum atomic E-state index is 6.22. The van der Waals surface area contributed by atoms with E-state index in [0.29, 0.717) is 0 Å². The minimum absolute atomic E-state index is 0.114. The van der Waals surface area contributed by atoms with Gasteiger partial charge in [-0.25, -0.2) is 0 Å². The molecular weight excluding hydrogens is 283 g/mol. The molecule has 0 radical (unpaired) electrons. The lowest BCUT2D eigenvalue weighted by molar-refractivity contribution is 0.00578. The third kappa shape index (κ3) is 3.56. The smallest absolute Gasteiger partial charge is 0.400 e. The van der Waals surface area contributed by atoms with E-state index in [1.807, 2.05) is 0 Å². The van der Waals surface area contributed by atoms with Crippen molar-refractivity contribution in [2.45, 2.75) is 97.2 Å². The van der Waals surface area contributed by atoms with Gasteiger partial charge in [-0.3, -0.25) is 0 Å². The van der Waals surface area contributed by atoms with Crippen molar-refractivity contribution < 1.29 is 9.31 Å². The molecule has 0 aromatic rings. The molecular formula is C20H35BO2. The van der Waals surface area contributed by atoms with Crippen LogP contribution in [0.15, 0.2) is 11.5 Å². The first-order valence-corrected chi connectivity index (χ1v) is 9.87. The van der Waals surface area contributed by atoms with Crippen molar-refractivity contribution in [1.29, 1.82) is 0 Å². The van der Waals surface area contributed by atoms with E-state index >= 15 is 0 Å². The van der Waals surface area contributed by atoms with E-state index in [2.05, 4.69) is 40.7 Å². The van der Waals surface area contributed by atoms with E-state index in [0.717, 1.165) is 24.2 Å². The van der Waals surface area contributed by atoms with Crippen LogP contribution in [-0.4, -0.2) is 18.3 Å². The average molecular weight is 318 g/mol. The van der Waals surface area contributed by atoms with Gasteiger partial charge in [0.1, 0.15) is 0 Å². The third-order valence-corrected chi connectivity index (χ3v) is 7.18. The molecule has 2 fully saturated rings. The predicted molar refractivity (Wildman–Crippen MR) is 97.2 cm³/mol. The standard InChI is InChI=1S/C20H35BO2/c1-6-15-7-9-16(10-8-15)17-11-13-18(14-12-17)21-22-19(2,3)20(4,5)23-21/h13,15-17H,6-12,14H2,1-5H3/t15?,16?,17-/m1/s1. The maximum absolute atomic E-state index is 6.22. The molecule has 0 aromatic heterocycles. The van der Waals surface area contributed by atoms with Crippen molar-refractivity contribution in [3.8, 4) is 0 Å². The fourth-order valence-corrected chi connectivity index (χ4v) is 4.58. The molecule has 3 aliphatic rings. The van der Waals surface area contributed by atoms with Crippen molar-refractivity contribution >= 4 is 7.12 Å². The molecule has 0 unspecified atom stereocenters. The van der Waals surface area contributed by atoms with Crippen LogP contribution in [0.1, 0.15) is 86.0 Å². The fourth-order valence-electron chi connectivity index (χ4n) is 4.58. The second-order valence-corrected chi connectivity index (χ2v) is 9.09. The quantitative estimate of drug-likeness (QED) is 0.634. The van der Waals surface area contributed by atoms with Crippen molar-refractivity contribution in [3.05, 3.63) is 11.5 Å².